The van der Waals surface area contributed by atoms with E-state index in [1.54, 1.807) is 0 Å². The van der Waals surface area contributed by atoms with Gasteiger partial charge in [-0.1, -0.05) is 45.4 Å². The number of hydrogen-bond acceptors (Lipinski definition) is 2. The van der Waals surface area contributed by atoms with E-state index >= 15 is 0 Å². The summed E-state index contributed by atoms with van der Waals surface area (Å²) in [6.45, 7) is 2.15. The summed E-state index contributed by atoms with van der Waals surface area (Å²) in [6.07, 6.45) is 12.7. The monoisotopic (exact) mass is 323 g/mol. The van der Waals surface area contributed by atoms with Crippen LogP contribution in [0, 0.1) is 17.8 Å². The Balaban J connectivity index is 1.79. The van der Waals surface area contributed by atoms with Crippen molar-refractivity contribution in [2.75, 3.05) is 0 Å². The van der Waals surface area contributed by atoms with Crippen molar-refractivity contribution in [3.05, 3.63) is 0 Å². The molecule has 132 valence electrons. The van der Waals surface area contributed by atoms with Gasteiger partial charge in [0.15, 0.2) is 0 Å². The first-order chi connectivity index (χ1) is 11.1. The summed E-state index contributed by atoms with van der Waals surface area (Å²) in [5.41, 5.74) is 0. The van der Waals surface area contributed by atoms with E-state index in [-0.39, 0.29) is 23.8 Å². The van der Waals surface area contributed by atoms with Crippen molar-refractivity contribution >= 4 is 11.9 Å². The fraction of sp³-hybridized carbons (Fsp3) is 0.895. The van der Waals surface area contributed by atoms with Crippen LogP contribution in [-0.4, -0.2) is 23.0 Å². The predicted molar refractivity (Wildman–Crippen MR) is 91.1 cm³/mol. The number of amides is 1. The van der Waals surface area contributed by atoms with Gasteiger partial charge in [0.25, 0.3) is 0 Å². The minimum absolute atomic E-state index is 0.153. The molecular weight excluding hydrogens is 290 g/mol. The maximum Gasteiger partial charge on any atom is 0.306 e. The van der Waals surface area contributed by atoms with Crippen LogP contribution in [0.2, 0.25) is 0 Å². The maximum atomic E-state index is 12.7. The highest BCUT2D eigenvalue weighted by Crippen LogP contribution is 2.31. The number of aliphatic carboxylic acids is 1. The second kappa shape index (κ2) is 9.29. The SMILES string of the molecule is CCCC(CC1CCCCC1)C(=O)NC1CCC(C(=O)O)CC1. The minimum atomic E-state index is -0.684. The first-order valence-electron chi connectivity index (χ1n) is 9.63. The van der Waals surface area contributed by atoms with Crippen molar-refractivity contribution in [3.8, 4) is 0 Å². The average Bonchev–Trinajstić information content (AvgIpc) is 2.56. The van der Waals surface area contributed by atoms with Crippen LogP contribution >= 0.6 is 0 Å². The number of carbonyl (C=O) groups is 2. The van der Waals surface area contributed by atoms with Gasteiger partial charge < -0.3 is 10.4 Å². The van der Waals surface area contributed by atoms with Crippen molar-refractivity contribution < 1.29 is 14.7 Å². The van der Waals surface area contributed by atoms with Crippen molar-refractivity contribution in [2.45, 2.75) is 90.0 Å². The van der Waals surface area contributed by atoms with E-state index < -0.39 is 5.97 Å². The number of rotatable bonds is 7. The molecule has 0 aromatic rings. The van der Waals surface area contributed by atoms with E-state index in [4.69, 9.17) is 5.11 Å². The van der Waals surface area contributed by atoms with Gasteiger partial charge in [-0.3, -0.25) is 9.59 Å². The highest BCUT2D eigenvalue weighted by molar-refractivity contribution is 5.79. The zero-order chi connectivity index (χ0) is 16.7. The highest BCUT2D eigenvalue weighted by atomic mass is 16.4. The molecule has 4 heteroatoms. The lowest BCUT2D eigenvalue weighted by Crippen LogP contribution is -2.42. The van der Waals surface area contributed by atoms with E-state index in [0.717, 1.165) is 38.0 Å². The second-order valence-electron chi connectivity index (χ2n) is 7.62. The summed E-state index contributed by atoms with van der Waals surface area (Å²) in [6, 6.07) is 0.184. The third kappa shape index (κ3) is 5.82. The van der Waals surface area contributed by atoms with Crippen LogP contribution in [0.4, 0.5) is 0 Å². The minimum Gasteiger partial charge on any atom is -0.481 e. The van der Waals surface area contributed by atoms with Gasteiger partial charge in [-0.05, 0) is 44.4 Å². The van der Waals surface area contributed by atoms with E-state index in [1.807, 2.05) is 0 Å². The average molecular weight is 323 g/mol. The van der Waals surface area contributed by atoms with Gasteiger partial charge in [0.1, 0.15) is 0 Å². The zero-order valence-electron chi connectivity index (χ0n) is 14.6. The largest absolute Gasteiger partial charge is 0.481 e. The molecule has 2 fully saturated rings. The van der Waals surface area contributed by atoms with Crippen molar-refractivity contribution in [1.29, 1.82) is 0 Å². The molecule has 0 spiro atoms. The maximum absolute atomic E-state index is 12.7. The van der Waals surface area contributed by atoms with Crippen LogP contribution in [0.25, 0.3) is 0 Å². The summed E-state index contributed by atoms with van der Waals surface area (Å²) in [4.78, 5) is 23.7. The third-order valence-corrected chi connectivity index (χ3v) is 5.77. The standard InChI is InChI=1S/C19H33NO3/c1-2-6-16(13-14-7-4-3-5-8-14)18(21)20-17-11-9-15(10-12-17)19(22)23/h14-17H,2-13H2,1H3,(H,20,21)(H,22,23). The smallest absolute Gasteiger partial charge is 0.306 e. The van der Waals surface area contributed by atoms with Gasteiger partial charge in [0.2, 0.25) is 5.91 Å². The van der Waals surface area contributed by atoms with E-state index in [1.165, 1.54) is 32.1 Å². The van der Waals surface area contributed by atoms with Gasteiger partial charge in [0, 0.05) is 12.0 Å². The Labute approximate surface area is 140 Å². The lowest BCUT2D eigenvalue weighted by atomic mass is 9.81. The lowest BCUT2D eigenvalue weighted by Gasteiger charge is -2.30. The molecule has 0 aromatic heterocycles. The van der Waals surface area contributed by atoms with E-state index in [9.17, 15) is 9.59 Å². The molecule has 2 saturated carbocycles. The fourth-order valence-corrected chi connectivity index (χ4v) is 4.33. The second-order valence-corrected chi connectivity index (χ2v) is 7.62. The quantitative estimate of drug-likeness (QED) is 0.740. The summed E-state index contributed by atoms with van der Waals surface area (Å²) >= 11 is 0. The van der Waals surface area contributed by atoms with Crippen LogP contribution in [0.3, 0.4) is 0 Å². The summed E-state index contributed by atoms with van der Waals surface area (Å²) < 4.78 is 0. The molecule has 1 unspecified atom stereocenters. The normalized spacial score (nSPS) is 27.3. The Hall–Kier alpha value is -1.06. The summed E-state index contributed by atoms with van der Waals surface area (Å²) in [7, 11) is 0. The van der Waals surface area contributed by atoms with Crippen molar-refractivity contribution in [3.63, 3.8) is 0 Å². The zero-order valence-corrected chi connectivity index (χ0v) is 14.6. The van der Waals surface area contributed by atoms with Gasteiger partial charge in [-0.15, -0.1) is 0 Å². The first kappa shape index (κ1) is 18.3. The molecule has 0 saturated heterocycles. The molecule has 2 aliphatic rings. The molecule has 0 bridgehead atoms. The molecule has 0 radical (unpaired) electrons. The molecule has 2 rings (SSSR count). The summed E-state index contributed by atoms with van der Waals surface area (Å²) in [5, 5.41) is 12.3. The molecule has 23 heavy (non-hydrogen) atoms. The fourth-order valence-electron chi connectivity index (χ4n) is 4.33. The van der Waals surface area contributed by atoms with Crippen LogP contribution in [0.15, 0.2) is 0 Å². The molecule has 2 N–H and O–H groups in total. The number of carboxylic acids is 1. The van der Waals surface area contributed by atoms with Crippen LogP contribution in [-0.2, 0) is 9.59 Å². The van der Waals surface area contributed by atoms with Crippen LogP contribution in [0.5, 0.6) is 0 Å². The van der Waals surface area contributed by atoms with Gasteiger partial charge >= 0.3 is 5.97 Å². The molecule has 4 nitrogen and oxygen atoms in total. The molecule has 0 aromatic carbocycles. The van der Waals surface area contributed by atoms with Gasteiger partial charge in [0.05, 0.1) is 5.92 Å². The molecule has 1 atom stereocenters. The Bertz CT molecular complexity index is 382. The van der Waals surface area contributed by atoms with E-state index in [2.05, 4.69) is 12.2 Å². The molecule has 0 aliphatic heterocycles. The number of nitrogens with one attached hydrogen (secondary N) is 1. The topological polar surface area (TPSA) is 66.4 Å². The third-order valence-electron chi connectivity index (χ3n) is 5.77. The Morgan fingerprint density at radius 1 is 1.04 bits per heavy atom. The van der Waals surface area contributed by atoms with E-state index in [0.29, 0.717) is 12.8 Å². The number of hydrogen-bond donors (Lipinski definition) is 2. The molecule has 0 heterocycles. The number of carbonyl (C=O) groups excluding carboxylic acids is 1. The van der Waals surface area contributed by atoms with Crippen LogP contribution < -0.4 is 5.32 Å². The van der Waals surface area contributed by atoms with Crippen molar-refractivity contribution in [1.82, 2.24) is 5.32 Å². The number of carboxylic acid groups (broad SMARTS) is 1. The van der Waals surface area contributed by atoms with Gasteiger partial charge in [-0.25, -0.2) is 0 Å². The molecular formula is C19H33NO3. The lowest BCUT2D eigenvalue weighted by molar-refractivity contribution is -0.142. The first-order valence-corrected chi connectivity index (χ1v) is 9.63. The Kier molecular flexibility index (Phi) is 7.38. The Morgan fingerprint density at radius 2 is 1.70 bits per heavy atom. The summed E-state index contributed by atoms with van der Waals surface area (Å²) in [5.74, 6) is 0.207. The predicted octanol–water partition coefficient (Wildman–Crippen LogP) is 4.13. The highest BCUT2D eigenvalue weighted by Gasteiger charge is 2.29. The van der Waals surface area contributed by atoms with Crippen LogP contribution in [0.1, 0.15) is 84.0 Å². The molecule has 1 amide bonds. The Morgan fingerprint density at radius 3 is 2.26 bits per heavy atom. The van der Waals surface area contributed by atoms with Gasteiger partial charge in [-0.2, -0.15) is 0 Å². The molecule has 2 aliphatic carbocycles. The van der Waals surface area contributed by atoms with Crippen molar-refractivity contribution in [2.24, 2.45) is 17.8 Å².